The number of aryl methyl sites for hydroxylation is 1. The molecule has 0 bridgehead atoms. The van der Waals surface area contributed by atoms with Gasteiger partial charge in [0.15, 0.2) is 0 Å². The molecule has 3 aromatic rings. The molecule has 0 unspecified atom stereocenters. The summed E-state index contributed by atoms with van der Waals surface area (Å²) < 4.78 is 5.95. The van der Waals surface area contributed by atoms with Crippen LogP contribution in [0.1, 0.15) is 32.0 Å². The number of ether oxygens (including phenoxy) is 1. The van der Waals surface area contributed by atoms with Gasteiger partial charge >= 0.3 is 5.97 Å². The molecule has 7 nitrogen and oxygen atoms in total. The first kappa shape index (κ1) is 19.0. The van der Waals surface area contributed by atoms with Crippen LogP contribution in [0.4, 0.5) is 5.69 Å². The Morgan fingerprint density at radius 1 is 1.04 bits per heavy atom. The Hall–Kier alpha value is -3.74. The average Bonchev–Trinajstić information content (AvgIpc) is 2.71. The summed E-state index contributed by atoms with van der Waals surface area (Å²) in [6.45, 7) is 2.23. The van der Waals surface area contributed by atoms with Crippen LogP contribution in [0, 0.1) is 6.92 Å². The lowest BCUT2D eigenvalue weighted by atomic mass is 10.1. The van der Waals surface area contributed by atoms with E-state index in [1.54, 1.807) is 24.3 Å². The van der Waals surface area contributed by atoms with Gasteiger partial charge in [0, 0.05) is 6.07 Å². The van der Waals surface area contributed by atoms with Gasteiger partial charge in [0.2, 0.25) is 0 Å². The minimum atomic E-state index is -0.562. The number of rotatable bonds is 5. The van der Waals surface area contributed by atoms with E-state index in [1.165, 1.54) is 23.9 Å². The van der Waals surface area contributed by atoms with Gasteiger partial charge in [-0.2, -0.15) is 5.10 Å². The highest BCUT2D eigenvalue weighted by atomic mass is 16.5. The summed E-state index contributed by atoms with van der Waals surface area (Å²) in [5.74, 6) is -1.10. The maximum atomic E-state index is 12.6. The summed E-state index contributed by atoms with van der Waals surface area (Å²) in [5, 5.41) is 6.80. The third-order valence-electron chi connectivity index (χ3n) is 4.13. The first-order chi connectivity index (χ1) is 13.5. The molecule has 0 spiro atoms. The van der Waals surface area contributed by atoms with E-state index < -0.39 is 11.9 Å². The van der Waals surface area contributed by atoms with E-state index in [9.17, 15) is 14.4 Å². The topological polar surface area (TPSA) is 90.3 Å². The summed E-state index contributed by atoms with van der Waals surface area (Å²) in [6.07, 6.45) is 0. The van der Waals surface area contributed by atoms with E-state index in [4.69, 9.17) is 4.74 Å². The number of para-hydroxylation sites is 1. The number of esters is 1. The van der Waals surface area contributed by atoms with Gasteiger partial charge in [0.25, 0.3) is 11.5 Å². The van der Waals surface area contributed by atoms with E-state index >= 15 is 0 Å². The first-order valence-electron chi connectivity index (χ1n) is 8.60. The fourth-order valence-corrected chi connectivity index (χ4v) is 2.62. The normalized spacial score (nSPS) is 10.4. The van der Waals surface area contributed by atoms with Gasteiger partial charge in [-0.05, 0) is 30.7 Å². The van der Waals surface area contributed by atoms with Gasteiger partial charge in [0.05, 0.1) is 24.9 Å². The Bertz CT molecular complexity index is 1070. The highest BCUT2D eigenvalue weighted by Gasteiger charge is 2.16. The lowest BCUT2D eigenvalue weighted by Gasteiger charge is -2.10. The number of carbonyl (C=O) groups excluding carboxylic acids is 2. The van der Waals surface area contributed by atoms with E-state index in [-0.39, 0.29) is 23.4 Å². The second-order valence-electron chi connectivity index (χ2n) is 6.19. The fourth-order valence-electron chi connectivity index (χ4n) is 2.62. The van der Waals surface area contributed by atoms with Crippen molar-refractivity contribution in [1.29, 1.82) is 0 Å². The minimum absolute atomic E-state index is 0.0615. The van der Waals surface area contributed by atoms with Crippen molar-refractivity contribution >= 4 is 17.6 Å². The smallest absolute Gasteiger partial charge is 0.339 e. The van der Waals surface area contributed by atoms with Crippen molar-refractivity contribution in [2.75, 3.05) is 12.4 Å². The Kier molecular flexibility index (Phi) is 5.64. The van der Waals surface area contributed by atoms with Gasteiger partial charge in [-0.1, -0.05) is 42.0 Å². The van der Waals surface area contributed by atoms with E-state index in [0.717, 1.165) is 11.1 Å². The second kappa shape index (κ2) is 8.30. The molecule has 0 saturated carbocycles. The fraction of sp³-hybridized carbons (Fsp3) is 0.143. The molecule has 1 N–H and O–H groups in total. The Labute approximate surface area is 161 Å². The molecule has 1 heterocycles. The van der Waals surface area contributed by atoms with Crippen LogP contribution in [0.2, 0.25) is 0 Å². The first-order valence-corrected chi connectivity index (χ1v) is 8.60. The maximum absolute atomic E-state index is 12.6. The van der Waals surface area contributed by atoms with Gasteiger partial charge in [-0.3, -0.25) is 9.59 Å². The van der Waals surface area contributed by atoms with Crippen LogP contribution in [0.15, 0.2) is 65.5 Å². The zero-order valence-corrected chi connectivity index (χ0v) is 15.5. The third-order valence-corrected chi connectivity index (χ3v) is 4.13. The summed E-state index contributed by atoms with van der Waals surface area (Å²) in [4.78, 5) is 36.6. The number of anilines is 1. The largest absolute Gasteiger partial charge is 0.465 e. The Morgan fingerprint density at radius 2 is 1.75 bits per heavy atom. The molecular weight excluding hydrogens is 358 g/mol. The molecule has 1 aromatic heterocycles. The molecule has 0 aliphatic rings. The van der Waals surface area contributed by atoms with Crippen LogP contribution in [-0.4, -0.2) is 28.8 Å². The molecular formula is C21H19N3O4. The predicted octanol–water partition coefficient (Wildman–Crippen LogP) is 2.64. The molecule has 7 heteroatoms. The number of carbonyl (C=O) groups is 2. The van der Waals surface area contributed by atoms with Crippen molar-refractivity contribution in [1.82, 2.24) is 9.78 Å². The molecule has 0 saturated heterocycles. The quantitative estimate of drug-likeness (QED) is 0.691. The number of hydrogen-bond donors (Lipinski definition) is 1. The van der Waals surface area contributed by atoms with Crippen molar-refractivity contribution in [3.8, 4) is 0 Å². The second-order valence-corrected chi connectivity index (χ2v) is 6.19. The molecule has 2 aromatic carbocycles. The molecule has 142 valence electrons. The number of nitrogens with one attached hydrogen (secondary N) is 1. The monoisotopic (exact) mass is 377 g/mol. The predicted molar refractivity (Wildman–Crippen MR) is 105 cm³/mol. The number of methoxy groups -OCH3 is 1. The lowest BCUT2D eigenvalue weighted by Crippen LogP contribution is -2.26. The standard InChI is InChI=1S/C21H19N3O4/c1-14-7-9-15(10-8-14)13-24-19(25)12-11-18(23-24)20(26)22-17-6-4-3-5-16(17)21(27)28-2/h3-12H,13H2,1-2H3,(H,22,26). The van der Waals surface area contributed by atoms with E-state index in [2.05, 4.69) is 10.4 Å². The molecule has 3 rings (SSSR count). The molecule has 0 aliphatic heterocycles. The Balaban J connectivity index is 1.84. The van der Waals surface area contributed by atoms with E-state index in [0.29, 0.717) is 5.69 Å². The van der Waals surface area contributed by atoms with Crippen LogP contribution < -0.4 is 10.9 Å². The lowest BCUT2D eigenvalue weighted by molar-refractivity contribution is 0.0602. The zero-order chi connectivity index (χ0) is 20.1. The number of amides is 1. The number of nitrogens with zero attached hydrogens (tertiary/aromatic N) is 2. The number of hydrogen-bond acceptors (Lipinski definition) is 5. The molecule has 1 amide bonds. The summed E-state index contributed by atoms with van der Waals surface area (Å²) in [6, 6.07) is 16.8. The van der Waals surface area contributed by atoms with Gasteiger partial charge in [-0.15, -0.1) is 0 Å². The molecule has 0 fully saturated rings. The number of aromatic nitrogens is 2. The zero-order valence-electron chi connectivity index (χ0n) is 15.5. The highest BCUT2D eigenvalue weighted by molar-refractivity contribution is 6.06. The maximum Gasteiger partial charge on any atom is 0.339 e. The third kappa shape index (κ3) is 4.32. The molecule has 0 atom stereocenters. The van der Waals surface area contributed by atoms with Crippen molar-refractivity contribution in [3.63, 3.8) is 0 Å². The van der Waals surface area contributed by atoms with Crippen LogP contribution in [-0.2, 0) is 11.3 Å². The van der Waals surface area contributed by atoms with Crippen molar-refractivity contribution in [2.45, 2.75) is 13.5 Å². The molecule has 28 heavy (non-hydrogen) atoms. The Morgan fingerprint density at radius 3 is 2.46 bits per heavy atom. The van der Waals surface area contributed by atoms with Gasteiger partial charge in [0.1, 0.15) is 5.69 Å². The minimum Gasteiger partial charge on any atom is -0.465 e. The van der Waals surface area contributed by atoms with Crippen LogP contribution in [0.5, 0.6) is 0 Å². The summed E-state index contributed by atoms with van der Waals surface area (Å²) in [7, 11) is 1.27. The summed E-state index contributed by atoms with van der Waals surface area (Å²) in [5.41, 5.74) is 2.29. The highest BCUT2D eigenvalue weighted by Crippen LogP contribution is 2.16. The van der Waals surface area contributed by atoms with E-state index in [1.807, 2.05) is 31.2 Å². The summed E-state index contributed by atoms with van der Waals surface area (Å²) >= 11 is 0. The van der Waals surface area contributed by atoms with Crippen LogP contribution >= 0.6 is 0 Å². The van der Waals surface area contributed by atoms with Gasteiger partial charge in [-0.25, -0.2) is 9.48 Å². The van der Waals surface area contributed by atoms with Crippen molar-refractivity contribution in [3.05, 3.63) is 93.4 Å². The van der Waals surface area contributed by atoms with Crippen LogP contribution in [0.25, 0.3) is 0 Å². The number of benzene rings is 2. The van der Waals surface area contributed by atoms with Crippen molar-refractivity contribution in [2.24, 2.45) is 0 Å². The van der Waals surface area contributed by atoms with Gasteiger partial charge < -0.3 is 10.1 Å². The SMILES string of the molecule is COC(=O)c1ccccc1NC(=O)c1ccc(=O)n(Cc2ccc(C)cc2)n1. The van der Waals surface area contributed by atoms with Crippen molar-refractivity contribution < 1.29 is 14.3 Å². The van der Waals surface area contributed by atoms with Crippen LogP contribution in [0.3, 0.4) is 0 Å². The molecule has 0 radical (unpaired) electrons. The molecule has 0 aliphatic carbocycles. The average molecular weight is 377 g/mol.